The van der Waals surface area contributed by atoms with E-state index in [2.05, 4.69) is 9.97 Å². The van der Waals surface area contributed by atoms with Crippen molar-refractivity contribution in [3.8, 4) is 0 Å². The van der Waals surface area contributed by atoms with Gasteiger partial charge in [0.15, 0.2) is 9.84 Å². The molecule has 2 aromatic rings. The molecule has 3 heterocycles. The molecule has 1 aliphatic heterocycles. The maximum Gasteiger partial charge on any atom is 0.233 e. The van der Waals surface area contributed by atoms with Gasteiger partial charge in [0.05, 0.1) is 27.5 Å². The SMILES string of the molecule is CCN(C(=O)CSc1ncnc2ccsc12)C1CCS(=O)(=O)C1. The van der Waals surface area contributed by atoms with Crippen LogP contribution in [0.15, 0.2) is 22.8 Å². The first-order valence-electron chi connectivity index (χ1n) is 7.31. The predicted octanol–water partition coefficient (Wildman–Crippen LogP) is 1.82. The van der Waals surface area contributed by atoms with Crippen LogP contribution in [-0.2, 0) is 14.6 Å². The fourth-order valence-electron chi connectivity index (χ4n) is 2.74. The van der Waals surface area contributed by atoms with Crippen LogP contribution in [-0.4, -0.2) is 59.0 Å². The minimum Gasteiger partial charge on any atom is -0.338 e. The summed E-state index contributed by atoms with van der Waals surface area (Å²) in [6, 6.07) is 1.74. The molecule has 1 unspecified atom stereocenters. The first kappa shape index (κ1) is 16.7. The van der Waals surface area contributed by atoms with Crippen LogP contribution < -0.4 is 0 Å². The van der Waals surface area contributed by atoms with E-state index in [1.54, 1.807) is 16.2 Å². The molecule has 1 fully saturated rings. The van der Waals surface area contributed by atoms with Gasteiger partial charge in [0.1, 0.15) is 11.4 Å². The molecule has 1 aliphatic rings. The van der Waals surface area contributed by atoms with E-state index in [0.717, 1.165) is 15.2 Å². The van der Waals surface area contributed by atoms with E-state index in [9.17, 15) is 13.2 Å². The number of amides is 1. The van der Waals surface area contributed by atoms with Gasteiger partial charge < -0.3 is 4.90 Å². The van der Waals surface area contributed by atoms with Crippen LogP contribution in [0, 0.1) is 0 Å². The zero-order valence-corrected chi connectivity index (χ0v) is 15.1. The van der Waals surface area contributed by atoms with Gasteiger partial charge in [0.25, 0.3) is 0 Å². The average Bonchev–Trinajstić information content (AvgIpc) is 3.12. The summed E-state index contributed by atoms with van der Waals surface area (Å²) in [5, 5.41) is 2.75. The van der Waals surface area contributed by atoms with Crippen molar-refractivity contribution in [2.45, 2.75) is 24.4 Å². The third-order valence-corrected chi connectivity index (χ3v) is 7.62. The molecule has 9 heteroatoms. The monoisotopic (exact) mass is 371 g/mol. The Morgan fingerprint density at radius 1 is 1.48 bits per heavy atom. The van der Waals surface area contributed by atoms with Crippen LogP contribution in [0.5, 0.6) is 0 Å². The zero-order valence-electron chi connectivity index (χ0n) is 12.6. The molecular weight excluding hydrogens is 354 g/mol. The summed E-state index contributed by atoms with van der Waals surface area (Å²) in [6.07, 6.45) is 2.04. The predicted molar refractivity (Wildman–Crippen MR) is 92.6 cm³/mol. The number of carbonyl (C=O) groups is 1. The first-order chi connectivity index (χ1) is 11.0. The zero-order chi connectivity index (χ0) is 16.4. The Bertz CT molecular complexity index is 819. The van der Waals surface area contributed by atoms with Gasteiger partial charge in [-0.15, -0.1) is 11.3 Å². The Morgan fingerprint density at radius 2 is 2.30 bits per heavy atom. The highest BCUT2D eigenvalue weighted by atomic mass is 32.2. The van der Waals surface area contributed by atoms with Crippen molar-refractivity contribution in [3.63, 3.8) is 0 Å². The van der Waals surface area contributed by atoms with E-state index in [-0.39, 0.29) is 29.2 Å². The lowest BCUT2D eigenvalue weighted by Gasteiger charge is -2.26. The maximum atomic E-state index is 12.5. The summed E-state index contributed by atoms with van der Waals surface area (Å²) in [7, 11) is -2.99. The highest BCUT2D eigenvalue weighted by Gasteiger charge is 2.33. The van der Waals surface area contributed by atoms with Crippen LogP contribution in [0.4, 0.5) is 0 Å². The molecule has 23 heavy (non-hydrogen) atoms. The maximum absolute atomic E-state index is 12.5. The number of carbonyl (C=O) groups excluding carboxylic acids is 1. The number of aromatic nitrogens is 2. The largest absolute Gasteiger partial charge is 0.338 e. The topological polar surface area (TPSA) is 80.2 Å². The number of sulfone groups is 1. The molecule has 1 saturated heterocycles. The van der Waals surface area contributed by atoms with E-state index in [0.29, 0.717) is 13.0 Å². The summed E-state index contributed by atoms with van der Waals surface area (Å²) in [6.45, 7) is 2.41. The molecule has 0 spiro atoms. The van der Waals surface area contributed by atoms with Crippen molar-refractivity contribution in [1.29, 1.82) is 0 Å². The second-order valence-corrected chi connectivity index (χ2v) is 9.45. The van der Waals surface area contributed by atoms with E-state index in [4.69, 9.17) is 0 Å². The summed E-state index contributed by atoms with van der Waals surface area (Å²) < 4.78 is 24.2. The van der Waals surface area contributed by atoms with Crippen LogP contribution in [0.3, 0.4) is 0 Å². The Hall–Kier alpha value is -1.19. The van der Waals surface area contributed by atoms with Crippen molar-refractivity contribution in [2.24, 2.45) is 0 Å². The third kappa shape index (κ3) is 3.67. The average molecular weight is 372 g/mol. The van der Waals surface area contributed by atoms with Gasteiger partial charge in [-0.3, -0.25) is 4.79 Å². The first-order valence-corrected chi connectivity index (χ1v) is 11.0. The molecule has 124 valence electrons. The van der Waals surface area contributed by atoms with Crippen molar-refractivity contribution in [2.75, 3.05) is 23.8 Å². The van der Waals surface area contributed by atoms with E-state index >= 15 is 0 Å². The molecule has 2 aromatic heterocycles. The quantitative estimate of drug-likeness (QED) is 0.589. The normalized spacial score (nSPS) is 20.0. The number of thiophene rings is 1. The Morgan fingerprint density at radius 3 is 3.00 bits per heavy atom. The number of thioether (sulfide) groups is 1. The molecule has 1 atom stereocenters. The third-order valence-electron chi connectivity index (χ3n) is 3.85. The van der Waals surface area contributed by atoms with Crippen molar-refractivity contribution in [3.05, 3.63) is 17.8 Å². The van der Waals surface area contributed by atoms with Gasteiger partial charge in [-0.1, -0.05) is 11.8 Å². The van der Waals surface area contributed by atoms with E-state index in [1.165, 1.54) is 18.1 Å². The number of hydrogen-bond acceptors (Lipinski definition) is 7. The minimum atomic E-state index is -2.99. The van der Waals surface area contributed by atoms with Crippen LogP contribution in [0.25, 0.3) is 10.2 Å². The van der Waals surface area contributed by atoms with Gasteiger partial charge in [0.2, 0.25) is 5.91 Å². The molecule has 0 radical (unpaired) electrons. The van der Waals surface area contributed by atoms with E-state index in [1.807, 2.05) is 18.4 Å². The van der Waals surface area contributed by atoms with Gasteiger partial charge >= 0.3 is 0 Å². The van der Waals surface area contributed by atoms with Gasteiger partial charge in [-0.25, -0.2) is 18.4 Å². The van der Waals surface area contributed by atoms with Crippen LogP contribution >= 0.6 is 23.1 Å². The number of nitrogens with zero attached hydrogens (tertiary/aromatic N) is 3. The fourth-order valence-corrected chi connectivity index (χ4v) is 6.30. The van der Waals surface area contributed by atoms with E-state index < -0.39 is 9.84 Å². The van der Waals surface area contributed by atoms with Crippen LogP contribution in [0.2, 0.25) is 0 Å². The number of rotatable bonds is 5. The number of hydrogen-bond donors (Lipinski definition) is 0. The standard InChI is InChI=1S/C14H17N3O3S3/c1-2-17(10-4-6-23(19,20)8-10)12(18)7-22-14-13-11(3-5-21-13)15-9-16-14/h3,5,9-10H,2,4,6-8H2,1H3. The highest BCUT2D eigenvalue weighted by molar-refractivity contribution is 8.00. The second-order valence-electron chi connectivity index (χ2n) is 5.34. The molecule has 0 saturated carbocycles. The van der Waals surface area contributed by atoms with Crippen molar-refractivity contribution >= 4 is 49.1 Å². The van der Waals surface area contributed by atoms with Crippen molar-refractivity contribution < 1.29 is 13.2 Å². The van der Waals surface area contributed by atoms with Gasteiger partial charge in [-0.2, -0.15) is 0 Å². The summed E-state index contributed by atoms with van der Waals surface area (Å²) in [5.41, 5.74) is 0.884. The smallest absolute Gasteiger partial charge is 0.233 e. The lowest BCUT2D eigenvalue weighted by atomic mass is 10.2. The molecule has 0 N–H and O–H groups in total. The molecule has 1 amide bonds. The molecule has 0 bridgehead atoms. The Balaban J connectivity index is 1.67. The lowest BCUT2D eigenvalue weighted by molar-refractivity contribution is -0.129. The summed E-state index contributed by atoms with van der Waals surface area (Å²) in [4.78, 5) is 22.6. The molecule has 6 nitrogen and oxygen atoms in total. The minimum absolute atomic E-state index is 0.0390. The molecule has 0 aromatic carbocycles. The highest BCUT2D eigenvalue weighted by Crippen LogP contribution is 2.29. The second kappa shape index (κ2) is 6.74. The molecule has 3 rings (SSSR count). The fraction of sp³-hybridized carbons (Fsp3) is 0.500. The van der Waals surface area contributed by atoms with Crippen molar-refractivity contribution in [1.82, 2.24) is 14.9 Å². The lowest BCUT2D eigenvalue weighted by Crippen LogP contribution is -2.41. The molecular formula is C14H17N3O3S3. The van der Waals surface area contributed by atoms with Gasteiger partial charge in [0, 0.05) is 12.6 Å². The Labute approximate surface area is 143 Å². The number of fused-ring (bicyclic) bond motifs is 1. The summed E-state index contributed by atoms with van der Waals surface area (Å²) in [5.74, 6) is 0.480. The summed E-state index contributed by atoms with van der Waals surface area (Å²) >= 11 is 2.94. The Kier molecular flexibility index (Phi) is 4.88. The van der Waals surface area contributed by atoms with Gasteiger partial charge in [-0.05, 0) is 24.8 Å². The van der Waals surface area contributed by atoms with Crippen LogP contribution in [0.1, 0.15) is 13.3 Å². The molecule has 0 aliphatic carbocycles.